The molecule has 0 amide bonds. The van der Waals surface area contributed by atoms with Gasteiger partial charge in [0.1, 0.15) is 0 Å². The normalized spacial score (nSPS) is 19.1. The highest BCUT2D eigenvalue weighted by Gasteiger charge is 2.11. The van der Waals surface area contributed by atoms with Crippen LogP contribution >= 0.6 is 12.4 Å². The van der Waals surface area contributed by atoms with E-state index in [0.717, 1.165) is 6.73 Å². The molecule has 0 aromatic carbocycles. The highest BCUT2D eigenvalue weighted by atomic mass is 35.5. The standard InChI is InChI=1S/C5H11NO.ClH/c1-7-5-6-3-2-4-6;/h2-5H2,1H3;1H. The Kier molecular flexibility index (Phi) is 4.23. The molecule has 1 aliphatic heterocycles. The molecule has 0 atom stereocenters. The molecule has 3 heteroatoms. The lowest BCUT2D eigenvalue weighted by Crippen LogP contribution is -2.38. The van der Waals surface area contributed by atoms with E-state index >= 15 is 0 Å². The Balaban J connectivity index is 0.000000490. The van der Waals surface area contributed by atoms with Crippen LogP contribution in [-0.4, -0.2) is 31.8 Å². The average molecular weight is 138 g/mol. The van der Waals surface area contributed by atoms with Gasteiger partial charge >= 0.3 is 0 Å². The molecule has 0 aliphatic carbocycles. The quantitative estimate of drug-likeness (QED) is 0.556. The zero-order chi connectivity index (χ0) is 5.11. The van der Waals surface area contributed by atoms with Crippen molar-refractivity contribution in [2.45, 2.75) is 6.42 Å². The Morgan fingerprint density at radius 2 is 2.12 bits per heavy atom. The molecule has 1 saturated heterocycles. The number of hydrogen-bond acceptors (Lipinski definition) is 2. The third-order valence-corrected chi connectivity index (χ3v) is 1.26. The molecule has 0 unspecified atom stereocenters. The van der Waals surface area contributed by atoms with E-state index in [2.05, 4.69) is 4.90 Å². The molecule has 0 saturated carbocycles. The molecule has 1 fully saturated rings. The van der Waals surface area contributed by atoms with Gasteiger partial charge in [0.25, 0.3) is 0 Å². The number of rotatable bonds is 2. The summed E-state index contributed by atoms with van der Waals surface area (Å²) in [4.78, 5) is 2.26. The van der Waals surface area contributed by atoms with Gasteiger partial charge in [0.15, 0.2) is 0 Å². The minimum Gasteiger partial charge on any atom is -0.369 e. The molecule has 0 spiro atoms. The SMILES string of the molecule is COCN1CCC1.Cl. The van der Waals surface area contributed by atoms with Crippen molar-refractivity contribution in [1.29, 1.82) is 0 Å². The third kappa shape index (κ3) is 1.99. The van der Waals surface area contributed by atoms with Crippen molar-refractivity contribution in [2.24, 2.45) is 0 Å². The largest absolute Gasteiger partial charge is 0.369 e. The van der Waals surface area contributed by atoms with Crippen LogP contribution in [0.15, 0.2) is 0 Å². The van der Waals surface area contributed by atoms with Gasteiger partial charge in [0.05, 0.1) is 6.73 Å². The average Bonchev–Trinajstić information content (AvgIpc) is 1.55. The maximum Gasteiger partial charge on any atom is 0.0986 e. The Morgan fingerprint density at radius 3 is 2.25 bits per heavy atom. The summed E-state index contributed by atoms with van der Waals surface area (Å²) in [5.41, 5.74) is 0. The molecular weight excluding hydrogens is 126 g/mol. The first-order valence-electron chi connectivity index (χ1n) is 2.65. The van der Waals surface area contributed by atoms with Gasteiger partial charge < -0.3 is 4.74 Å². The van der Waals surface area contributed by atoms with Crippen LogP contribution in [0.4, 0.5) is 0 Å². The molecule has 1 heterocycles. The van der Waals surface area contributed by atoms with Gasteiger partial charge in [-0.15, -0.1) is 12.4 Å². The molecule has 0 aromatic rings. The summed E-state index contributed by atoms with van der Waals surface area (Å²) >= 11 is 0. The van der Waals surface area contributed by atoms with E-state index in [-0.39, 0.29) is 12.4 Å². The minimum absolute atomic E-state index is 0. The zero-order valence-electron chi connectivity index (χ0n) is 5.09. The van der Waals surface area contributed by atoms with Crippen molar-refractivity contribution in [3.05, 3.63) is 0 Å². The molecule has 50 valence electrons. The number of methoxy groups -OCH3 is 1. The Morgan fingerprint density at radius 1 is 1.50 bits per heavy atom. The first-order chi connectivity index (χ1) is 3.43. The lowest BCUT2D eigenvalue weighted by atomic mass is 10.2. The second-order valence-corrected chi connectivity index (χ2v) is 1.89. The zero-order valence-corrected chi connectivity index (χ0v) is 5.91. The number of ether oxygens (including phenoxy) is 1. The van der Waals surface area contributed by atoms with Gasteiger partial charge in [0.2, 0.25) is 0 Å². The molecule has 1 rings (SSSR count). The summed E-state index contributed by atoms with van der Waals surface area (Å²) in [5, 5.41) is 0. The fourth-order valence-electron chi connectivity index (χ4n) is 0.693. The number of nitrogens with zero attached hydrogens (tertiary/aromatic N) is 1. The van der Waals surface area contributed by atoms with E-state index in [4.69, 9.17) is 4.74 Å². The van der Waals surface area contributed by atoms with Gasteiger partial charge in [-0.3, -0.25) is 4.90 Å². The number of halogens is 1. The van der Waals surface area contributed by atoms with Gasteiger partial charge in [-0.05, 0) is 6.42 Å². The highest BCUT2D eigenvalue weighted by molar-refractivity contribution is 5.85. The van der Waals surface area contributed by atoms with Crippen molar-refractivity contribution in [1.82, 2.24) is 4.90 Å². The van der Waals surface area contributed by atoms with E-state index in [1.807, 2.05) is 0 Å². The maximum atomic E-state index is 4.87. The fourth-order valence-corrected chi connectivity index (χ4v) is 0.693. The molecule has 0 aromatic heterocycles. The Bertz CT molecular complexity index is 56.4. The second-order valence-electron chi connectivity index (χ2n) is 1.89. The smallest absolute Gasteiger partial charge is 0.0986 e. The summed E-state index contributed by atoms with van der Waals surface area (Å²) < 4.78 is 4.87. The van der Waals surface area contributed by atoms with E-state index in [1.165, 1.54) is 19.5 Å². The first kappa shape index (κ1) is 8.21. The summed E-state index contributed by atoms with van der Waals surface area (Å²) in [6.07, 6.45) is 1.35. The van der Waals surface area contributed by atoms with Crippen LogP contribution < -0.4 is 0 Å². The summed E-state index contributed by atoms with van der Waals surface area (Å²) in [7, 11) is 1.73. The van der Waals surface area contributed by atoms with Gasteiger partial charge in [0, 0.05) is 20.2 Å². The summed E-state index contributed by atoms with van der Waals surface area (Å²) in [6, 6.07) is 0. The molecule has 8 heavy (non-hydrogen) atoms. The lowest BCUT2D eigenvalue weighted by Gasteiger charge is -2.29. The van der Waals surface area contributed by atoms with Crippen LogP contribution in [0.3, 0.4) is 0 Å². The van der Waals surface area contributed by atoms with Crippen molar-refractivity contribution in [2.75, 3.05) is 26.9 Å². The van der Waals surface area contributed by atoms with Gasteiger partial charge in [-0.1, -0.05) is 0 Å². The van der Waals surface area contributed by atoms with E-state index < -0.39 is 0 Å². The monoisotopic (exact) mass is 137 g/mol. The second kappa shape index (κ2) is 4.13. The van der Waals surface area contributed by atoms with Crippen molar-refractivity contribution in [3.63, 3.8) is 0 Å². The van der Waals surface area contributed by atoms with Gasteiger partial charge in [-0.2, -0.15) is 0 Å². The molecular formula is C5H12ClNO. The predicted octanol–water partition coefficient (Wildman–Crippen LogP) is 0.718. The Hall–Kier alpha value is 0.210. The molecule has 1 aliphatic rings. The highest BCUT2D eigenvalue weighted by Crippen LogP contribution is 2.03. The van der Waals surface area contributed by atoms with E-state index in [0.29, 0.717) is 0 Å². The van der Waals surface area contributed by atoms with Crippen LogP contribution in [0.2, 0.25) is 0 Å². The topological polar surface area (TPSA) is 12.5 Å². The first-order valence-corrected chi connectivity index (χ1v) is 2.65. The summed E-state index contributed by atoms with van der Waals surface area (Å²) in [5.74, 6) is 0. The van der Waals surface area contributed by atoms with E-state index in [1.54, 1.807) is 7.11 Å². The number of likely N-dealkylation sites (tertiary alicyclic amines) is 1. The minimum atomic E-state index is 0. The summed E-state index contributed by atoms with van der Waals surface area (Å²) in [6.45, 7) is 3.28. The van der Waals surface area contributed by atoms with Crippen LogP contribution in [0.5, 0.6) is 0 Å². The van der Waals surface area contributed by atoms with E-state index in [9.17, 15) is 0 Å². The Labute approximate surface area is 56.2 Å². The fraction of sp³-hybridized carbons (Fsp3) is 1.00. The van der Waals surface area contributed by atoms with Crippen LogP contribution in [-0.2, 0) is 4.74 Å². The maximum absolute atomic E-state index is 4.87. The molecule has 0 radical (unpaired) electrons. The molecule has 0 bridgehead atoms. The van der Waals surface area contributed by atoms with Crippen LogP contribution in [0.25, 0.3) is 0 Å². The predicted molar refractivity (Wildman–Crippen MR) is 35.3 cm³/mol. The van der Waals surface area contributed by atoms with Crippen molar-refractivity contribution in [3.8, 4) is 0 Å². The molecule has 2 nitrogen and oxygen atoms in total. The molecule has 0 N–H and O–H groups in total. The third-order valence-electron chi connectivity index (χ3n) is 1.26. The van der Waals surface area contributed by atoms with Crippen molar-refractivity contribution >= 4 is 12.4 Å². The van der Waals surface area contributed by atoms with Crippen LogP contribution in [0, 0.1) is 0 Å². The van der Waals surface area contributed by atoms with Crippen molar-refractivity contribution < 1.29 is 4.74 Å². The van der Waals surface area contributed by atoms with Crippen LogP contribution in [0.1, 0.15) is 6.42 Å². The lowest BCUT2D eigenvalue weighted by molar-refractivity contribution is 0.0246. The number of hydrogen-bond donors (Lipinski definition) is 0. The van der Waals surface area contributed by atoms with Gasteiger partial charge in [-0.25, -0.2) is 0 Å².